The van der Waals surface area contributed by atoms with Crippen LogP contribution in [-0.4, -0.2) is 26.4 Å². The molecule has 0 saturated heterocycles. The highest BCUT2D eigenvalue weighted by molar-refractivity contribution is 9.10. The van der Waals surface area contributed by atoms with Gasteiger partial charge < -0.3 is 19.5 Å². The van der Waals surface area contributed by atoms with Gasteiger partial charge in [0.25, 0.3) is 0 Å². The first kappa shape index (κ1) is 22.9. The van der Waals surface area contributed by atoms with E-state index in [4.69, 9.17) is 25.8 Å². The van der Waals surface area contributed by atoms with Crippen molar-refractivity contribution in [3.8, 4) is 11.5 Å². The van der Waals surface area contributed by atoms with Crippen molar-refractivity contribution in [2.75, 3.05) is 26.4 Å². The van der Waals surface area contributed by atoms with Gasteiger partial charge in [-0.15, -0.1) is 0 Å². The minimum absolute atomic E-state index is 0.0131. The summed E-state index contributed by atoms with van der Waals surface area (Å²) in [5, 5.41) is 3.72. The van der Waals surface area contributed by atoms with Crippen molar-refractivity contribution in [2.45, 2.75) is 33.4 Å². The molecule has 2 aromatic carbocycles. The fourth-order valence-electron chi connectivity index (χ4n) is 2.62. The summed E-state index contributed by atoms with van der Waals surface area (Å²) in [5.41, 5.74) is 1.38. The molecule has 4 nitrogen and oxygen atoms in total. The maximum absolute atomic E-state index is 14.0. The molecule has 0 unspecified atom stereocenters. The average Bonchev–Trinajstić information content (AvgIpc) is 2.66. The highest BCUT2D eigenvalue weighted by Crippen LogP contribution is 2.38. The van der Waals surface area contributed by atoms with Gasteiger partial charge in [-0.3, -0.25) is 0 Å². The molecule has 2 rings (SSSR count). The van der Waals surface area contributed by atoms with Crippen LogP contribution in [0.5, 0.6) is 11.5 Å². The Bertz CT molecular complexity index is 740. The lowest BCUT2D eigenvalue weighted by atomic mass is 10.2. The van der Waals surface area contributed by atoms with Crippen LogP contribution in [0.15, 0.2) is 34.8 Å². The number of rotatable bonds is 12. The van der Waals surface area contributed by atoms with E-state index in [2.05, 4.69) is 21.2 Å². The largest absolute Gasteiger partial charge is 0.490 e. The highest BCUT2D eigenvalue weighted by atomic mass is 79.9. The lowest BCUT2D eigenvalue weighted by molar-refractivity contribution is 0.144. The van der Waals surface area contributed by atoms with Crippen LogP contribution in [0.4, 0.5) is 4.39 Å². The second-order valence-electron chi connectivity index (χ2n) is 6.05. The summed E-state index contributed by atoms with van der Waals surface area (Å²) in [6.07, 6.45) is 0.956. The van der Waals surface area contributed by atoms with Crippen LogP contribution in [-0.2, 0) is 17.9 Å². The maximum atomic E-state index is 14.0. The van der Waals surface area contributed by atoms with E-state index in [9.17, 15) is 4.39 Å². The number of hydrogen-bond acceptors (Lipinski definition) is 4. The molecule has 0 spiro atoms. The van der Waals surface area contributed by atoms with Crippen molar-refractivity contribution >= 4 is 27.5 Å². The summed E-state index contributed by atoms with van der Waals surface area (Å²) in [4.78, 5) is 0. The molecule has 0 radical (unpaired) electrons. The maximum Gasteiger partial charge on any atom is 0.175 e. The van der Waals surface area contributed by atoms with Gasteiger partial charge in [-0.25, -0.2) is 4.39 Å². The average molecular weight is 475 g/mol. The Kier molecular flexibility index (Phi) is 10.1. The zero-order valence-electron chi connectivity index (χ0n) is 16.2. The van der Waals surface area contributed by atoms with Crippen molar-refractivity contribution < 1.29 is 18.6 Å². The third-order valence-corrected chi connectivity index (χ3v) is 4.91. The van der Waals surface area contributed by atoms with Gasteiger partial charge in [0.1, 0.15) is 12.4 Å². The van der Waals surface area contributed by atoms with E-state index in [0.29, 0.717) is 35.2 Å². The van der Waals surface area contributed by atoms with Crippen LogP contribution >= 0.6 is 27.5 Å². The summed E-state index contributed by atoms with van der Waals surface area (Å²) in [6, 6.07) is 8.48. The monoisotopic (exact) mass is 473 g/mol. The Morgan fingerprint density at radius 3 is 2.68 bits per heavy atom. The van der Waals surface area contributed by atoms with Crippen LogP contribution in [0.25, 0.3) is 0 Å². The summed E-state index contributed by atoms with van der Waals surface area (Å²) < 4.78 is 31.7. The van der Waals surface area contributed by atoms with Crippen molar-refractivity contribution in [2.24, 2.45) is 0 Å². The first-order valence-corrected chi connectivity index (χ1v) is 10.5. The van der Waals surface area contributed by atoms with Crippen LogP contribution in [0.3, 0.4) is 0 Å². The van der Waals surface area contributed by atoms with Gasteiger partial charge in [0.05, 0.1) is 16.1 Å². The minimum Gasteiger partial charge on any atom is -0.490 e. The predicted molar refractivity (Wildman–Crippen MR) is 114 cm³/mol. The van der Waals surface area contributed by atoms with Crippen LogP contribution < -0.4 is 14.8 Å². The zero-order chi connectivity index (χ0) is 20.4. The third kappa shape index (κ3) is 6.92. The van der Waals surface area contributed by atoms with Gasteiger partial charge in [-0.1, -0.05) is 17.7 Å². The number of halogens is 3. The van der Waals surface area contributed by atoms with Gasteiger partial charge in [0.15, 0.2) is 11.5 Å². The van der Waals surface area contributed by atoms with E-state index in [1.165, 1.54) is 6.07 Å². The number of benzene rings is 2. The highest BCUT2D eigenvalue weighted by Gasteiger charge is 2.15. The fourth-order valence-corrected chi connectivity index (χ4v) is 3.44. The van der Waals surface area contributed by atoms with Crippen molar-refractivity contribution in [3.05, 3.63) is 56.8 Å². The molecule has 2 aromatic rings. The molecule has 7 heteroatoms. The summed E-state index contributed by atoms with van der Waals surface area (Å²) in [6.45, 7) is 7.46. The minimum atomic E-state index is -0.394. The quantitative estimate of drug-likeness (QED) is 0.398. The van der Waals surface area contributed by atoms with Crippen molar-refractivity contribution in [3.63, 3.8) is 0 Å². The van der Waals surface area contributed by atoms with Gasteiger partial charge >= 0.3 is 0 Å². The molecular formula is C21H26BrClFNO3. The standard InChI is InChI=1S/C21H26BrClFNO3/c1-3-26-10-6-9-25-13-15-11-17(22)21(20(12-15)27-4-2)28-14-16-18(23)7-5-8-19(16)24/h5,7-8,11-12,25H,3-4,6,9-10,13-14H2,1-2H3. The Balaban J connectivity index is 2.05. The fraction of sp³-hybridized carbons (Fsp3) is 0.429. The molecule has 0 atom stereocenters. The van der Waals surface area contributed by atoms with E-state index >= 15 is 0 Å². The zero-order valence-corrected chi connectivity index (χ0v) is 18.5. The van der Waals surface area contributed by atoms with Crippen LogP contribution in [0.2, 0.25) is 5.02 Å². The molecular weight excluding hydrogens is 449 g/mol. The number of nitrogens with one attached hydrogen (secondary N) is 1. The van der Waals surface area contributed by atoms with E-state index in [1.54, 1.807) is 12.1 Å². The van der Waals surface area contributed by atoms with Crippen LogP contribution in [0, 0.1) is 5.82 Å². The van der Waals surface area contributed by atoms with Crippen LogP contribution in [0.1, 0.15) is 31.4 Å². The third-order valence-electron chi connectivity index (χ3n) is 3.97. The molecule has 1 N–H and O–H groups in total. The lowest BCUT2D eigenvalue weighted by Gasteiger charge is -2.16. The molecule has 0 bridgehead atoms. The van der Waals surface area contributed by atoms with E-state index in [0.717, 1.165) is 36.2 Å². The molecule has 0 aliphatic carbocycles. The Hall–Kier alpha value is -1.34. The molecule has 0 saturated carbocycles. The molecule has 28 heavy (non-hydrogen) atoms. The topological polar surface area (TPSA) is 39.7 Å². The van der Waals surface area contributed by atoms with E-state index < -0.39 is 5.82 Å². The second kappa shape index (κ2) is 12.3. The molecule has 0 aliphatic rings. The molecule has 0 fully saturated rings. The Morgan fingerprint density at radius 2 is 1.96 bits per heavy atom. The summed E-state index contributed by atoms with van der Waals surface area (Å²) >= 11 is 9.63. The van der Waals surface area contributed by atoms with E-state index in [-0.39, 0.29) is 6.61 Å². The Morgan fingerprint density at radius 1 is 1.14 bits per heavy atom. The molecule has 0 heterocycles. The predicted octanol–water partition coefficient (Wildman–Crippen LogP) is 5.74. The smallest absolute Gasteiger partial charge is 0.175 e. The first-order chi connectivity index (χ1) is 13.6. The van der Waals surface area contributed by atoms with E-state index in [1.807, 2.05) is 26.0 Å². The van der Waals surface area contributed by atoms with Gasteiger partial charge in [-0.2, -0.15) is 0 Å². The Labute approximate surface area is 179 Å². The number of hydrogen-bond donors (Lipinski definition) is 1. The SMILES string of the molecule is CCOCCCNCc1cc(Br)c(OCc2c(F)cccc2Cl)c(OCC)c1. The summed E-state index contributed by atoms with van der Waals surface area (Å²) in [5.74, 6) is 0.742. The van der Waals surface area contributed by atoms with Gasteiger partial charge in [0, 0.05) is 25.3 Å². The normalized spacial score (nSPS) is 10.9. The number of ether oxygens (including phenoxy) is 3. The molecule has 0 amide bonds. The second-order valence-corrected chi connectivity index (χ2v) is 7.32. The lowest BCUT2D eigenvalue weighted by Crippen LogP contribution is -2.16. The summed E-state index contributed by atoms with van der Waals surface area (Å²) in [7, 11) is 0. The van der Waals surface area contributed by atoms with Crippen molar-refractivity contribution in [1.82, 2.24) is 5.32 Å². The van der Waals surface area contributed by atoms with Gasteiger partial charge in [0.2, 0.25) is 0 Å². The van der Waals surface area contributed by atoms with Crippen molar-refractivity contribution in [1.29, 1.82) is 0 Å². The molecule has 0 aromatic heterocycles. The van der Waals surface area contributed by atoms with Gasteiger partial charge in [-0.05, 0) is 72.6 Å². The molecule has 154 valence electrons. The molecule has 0 aliphatic heterocycles. The first-order valence-electron chi connectivity index (χ1n) is 9.36.